The van der Waals surface area contributed by atoms with Gasteiger partial charge in [0.15, 0.2) is 0 Å². The van der Waals surface area contributed by atoms with Crippen molar-refractivity contribution in [2.24, 2.45) is 5.92 Å². The van der Waals surface area contributed by atoms with E-state index in [2.05, 4.69) is 192 Å². The average Bonchev–Trinajstić information content (AvgIpc) is 3.70. The van der Waals surface area contributed by atoms with Crippen LogP contribution in [-0.2, 0) is 43.7 Å². The van der Waals surface area contributed by atoms with Crippen molar-refractivity contribution in [3.05, 3.63) is 144 Å². The molecule has 0 spiro atoms. The van der Waals surface area contributed by atoms with Crippen LogP contribution in [0.1, 0.15) is 98.4 Å². The molecule has 0 unspecified atom stereocenters. The van der Waals surface area contributed by atoms with Gasteiger partial charge in [0.05, 0.1) is 16.7 Å². The van der Waals surface area contributed by atoms with E-state index in [-0.39, 0.29) is 37.3 Å². The van der Waals surface area contributed by atoms with Crippen LogP contribution in [-0.4, -0.2) is 19.1 Å². The Bertz CT molecular complexity index is 2760. The fourth-order valence-corrected chi connectivity index (χ4v) is 7.63. The number of pyridine rings is 2. The van der Waals surface area contributed by atoms with Gasteiger partial charge in [-0.15, -0.1) is 23.6 Å². The minimum Gasteiger partial charge on any atom is -0.508 e. The van der Waals surface area contributed by atoms with Crippen molar-refractivity contribution >= 4 is 32.8 Å². The van der Waals surface area contributed by atoms with Gasteiger partial charge in [0, 0.05) is 44.3 Å². The summed E-state index contributed by atoms with van der Waals surface area (Å²) in [4.78, 5) is 9.53. The largest absolute Gasteiger partial charge is 0.508 e. The SMILES string of the molecule is CC(C)Cc1cccc2c1n(-c1[c-]c(Oc3[c-]c4c(cc3)c3ccccc3n4-c3cc(C(C)(C)C)ccn3)cnc1)[c-][n+]2-c1cc(C(C)(C)C)cc(C(C)(C)C)c1.[Pt]. The Morgan fingerprint density at radius 1 is 0.707 bits per heavy atom. The molecule has 4 aromatic carbocycles. The normalized spacial score (nSPS) is 12.5. The number of imidazole rings is 1. The molecule has 8 aromatic rings. The van der Waals surface area contributed by atoms with E-state index < -0.39 is 0 Å². The Labute approximate surface area is 358 Å². The van der Waals surface area contributed by atoms with Gasteiger partial charge in [-0.3, -0.25) is 4.57 Å². The smallest absolute Gasteiger partial charge is 0.268 e. The number of hydrogen-bond acceptors (Lipinski definition) is 3. The zero-order valence-corrected chi connectivity index (χ0v) is 37.8. The van der Waals surface area contributed by atoms with E-state index >= 15 is 0 Å². The predicted molar refractivity (Wildman–Crippen MR) is 232 cm³/mol. The van der Waals surface area contributed by atoms with Crippen molar-refractivity contribution < 1.29 is 30.4 Å². The minimum absolute atomic E-state index is 0. The molecular formula is C51H53N5OPt-2. The number of nitrogens with zero attached hydrogens (tertiary/aromatic N) is 5. The van der Waals surface area contributed by atoms with E-state index in [1.165, 1.54) is 22.3 Å². The van der Waals surface area contributed by atoms with Gasteiger partial charge < -0.3 is 18.9 Å². The van der Waals surface area contributed by atoms with Crippen molar-refractivity contribution in [2.45, 2.75) is 98.8 Å². The van der Waals surface area contributed by atoms with E-state index in [1.807, 2.05) is 18.5 Å². The first kappa shape index (κ1) is 41.1. The Hall–Kier alpha value is -5.06. The summed E-state index contributed by atoms with van der Waals surface area (Å²) in [5.41, 5.74) is 10.9. The van der Waals surface area contributed by atoms with Crippen LogP contribution < -0.4 is 9.30 Å². The number of fused-ring (bicyclic) bond motifs is 4. The van der Waals surface area contributed by atoms with Crippen LogP contribution in [0.4, 0.5) is 0 Å². The van der Waals surface area contributed by atoms with E-state index in [9.17, 15) is 0 Å². The third-order valence-electron chi connectivity index (χ3n) is 10.8. The molecule has 58 heavy (non-hydrogen) atoms. The Morgan fingerprint density at radius 3 is 2.10 bits per heavy atom. The van der Waals surface area contributed by atoms with Crippen LogP contribution in [0, 0.1) is 24.4 Å². The van der Waals surface area contributed by atoms with E-state index in [1.54, 1.807) is 6.20 Å². The van der Waals surface area contributed by atoms with Crippen LogP contribution >= 0.6 is 0 Å². The molecular weight excluding hydrogens is 894 g/mol. The van der Waals surface area contributed by atoms with Gasteiger partial charge in [-0.05, 0) is 98.4 Å². The molecule has 300 valence electrons. The zero-order chi connectivity index (χ0) is 40.4. The van der Waals surface area contributed by atoms with Crippen molar-refractivity contribution in [1.29, 1.82) is 0 Å². The van der Waals surface area contributed by atoms with Gasteiger partial charge in [-0.1, -0.05) is 130 Å². The fraction of sp³-hybridized carbons (Fsp3) is 0.314. The molecule has 0 saturated carbocycles. The van der Waals surface area contributed by atoms with Gasteiger partial charge in [0.2, 0.25) is 0 Å². The Morgan fingerprint density at radius 2 is 1.41 bits per heavy atom. The van der Waals surface area contributed by atoms with E-state index in [0.717, 1.165) is 56.5 Å². The van der Waals surface area contributed by atoms with Crippen LogP contribution in [0.3, 0.4) is 0 Å². The standard InChI is InChI=1S/C51H53N5O.Pt/c1-33(2)23-34-15-14-18-45-48(34)55(32-54(45)38-25-36(50(6,7)8)24-37(26-38)51(9,10)11)39-28-41(31-52-30-39)57-40-19-20-43-42-16-12-13-17-44(42)56(46(43)29-40)47-27-35(21-22-53-47)49(3,4)5;/h12-22,24-27,30-31,33H,23H2,1-11H3;/q-2;. The number of rotatable bonds is 7. The summed E-state index contributed by atoms with van der Waals surface area (Å²) in [7, 11) is 0. The van der Waals surface area contributed by atoms with Gasteiger partial charge in [0.25, 0.3) is 6.33 Å². The van der Waals surface area contributed by atoms with E-state index in [4.69, 9.17) is 9.72 Å². The first-order valence-corrected chi connectivity index (χ1v) is 20.1. The molecule has 4 aromatic heterocycles. The molecule has 0 bridgehead atoms. The summed E-state index contributed by atoms with van der Waals surface area (Å²) < 4.78 is 13.1. The van der Waals surface area contributed by atoms with E-state index in [0.29, 0.717) is 17.4 Å². The molecule has 0 aliphatic heterocycles. The summed E-state index contributed by atoms with van der Waals surface area (Å²) in [5, 5.41) is 2.22. The molecule has 6 nitrogen and oxygen atoms in total. The van der Waals surface area contributed by atoms with Crippen LogP contribution in [0.15, 0.2) is 104 Å². The monoisotopic (exact) mass is 946 g/mol. The van der Waals surface area contributed by atoms with Gasteiger partial charge >= 0.3 is 0 Å². The average molecular weight is 947 g/mol. The number of para-hydroxylation sites is 2. The van der Waals surface area contributed by atoms with Crippen molar-refractivity contribution in [2.75, 3.05) is 0 Å². The number of benzene rings is 4. The van der Waals surface area contributed by atoms with Gasteiger partial charge in [-0.2, -0.15) is 6.07 Å². The quantitative estimate of drug-likeness (QED) is 0.118. The number of hydrogen-bond donors (Lipinski definition) is 0. The topological polar surface area (TPSA) is 48.8 Å². The Kier molecular flexibility index (Phi) is 10.8. The summed E-state index contributed by atoms with van der Waals surface area (Å²) in [5.74, 6) is 2.37. The first-order chi connectivity index (χ1) is 27.0. The van der Waals surface area contributed by atoms with Crippen molar-refractivity contribution in [3.8, 4) is 28.7 Å². The molecule has 0 saturated heterocycles. The van der Waals surface area contributed by atoms with Gasteiger partial charge in [0.1, 0.15) is 5.82 Å². The third-order valence-corrected chi connectivity index (χ3v) is 10.8. The predicted octanol–water partition coefficient (Wildman–Crippen LogP) is 12.1. The molecule has 8 rings (SSSR count). The van der Waals surface area contributed by atoms with Crippen LogP contribution in [0.2, 0.25) is 0 Å². The molecule has 0 fully saturated rings. The second-order valence-electron chi connectivity index (χ2n) is 18.9. The van der Waals surface area contributed by atoms with Crippen molar-refractivity contribution in [1.82, 2.24) is 19.1 Å². The molecule has 0 aliphatic carbocycles. The number of ether oxygens (including phenoxy) is 1. The second-order valence-corrected chi connectivity index (χ2v) is 18.9. The minimum atomic E-state index is -0.0253. The maximum Gasteiger partial charge on any atom is 0.268 e. The molecule has 0 radical (unpaired) electrons. The Balaban J connectivity index is 0.00000512. The molecule has 0 N–H and O–H groups in total. The molecule has 7 heteroatoms. The summed E-state index contributed by atoms with van der Waals surface area (Å²) in [6.45, 7) is 24.9. The fourth-order valence-electron chi connectivity index (χ4n) is 7.63. The first-order valence-electron chi connectivity index (χ1n) is 20.1. The van der Waals surface area contributed by atoms with Crippen molar-refractivity contribution in [3.63, 3.8) is 0 Å². The van der Waals surface area contributed by atoms with Gasteiger partial charge in [-0.25, -0.2) is 4.98 Å². The van der Waals surface area contributed by atoms with Crippen LogP contribution in [0.5, 0.6) is 11.5 Å². The third kappa shape index (κ3) is 7.88. The maximum absolute atomic E-state index is 6.58. The molecule has 0 amide bonds. The molecule has 0 atom stereocenters. The maximum atomic E-state index is 6.58. The summed E-state index contributed by atoms with van der Waals surface area (Å²) in [6.07, 6.45) is 10.1. The summed E-state index contributed by atoms with van der Waals surface area (Å²) in [6, 6.07) is 37.5. The van der Waals surface area contributed by atoms with Crippen LogP contribution in [0.25, 0.3) is 50.0 Å². The number of aromatic nitrogens is 5. The summed E-state index contributed by atoms with van der Waals surface area (Å²) >= 11 is 0. The zero-order valence-electron chi connectivity index (χ0n) is 35.6. The molecule has 4 heterocycles. The second kappa shape index (κ2) is 15.3. The molecule has 0 aliphatic rings.